The van der Waals surface area contributed by atoms with Crippen molar-refractivity contribution in [2.24, 2.45) is 5.73 Å². The van der Waals surface area contributed by atoms with Gasteiger partial charge in [-0.3, -0.25) is 4.90 Å². The summed E-state index contributed by atoms with van der Waals surface area (Å²) in [6.07, 6.45) is 2.32. The molecule has 1 aliphatic heterocycles. The van der Waals surface area contributed by atoms with E-state index in [0.29, 0.717) is 0 Å². The summed E-state index contributed by atoms with van der Waals surface area (Å²) in [5, 5.41) is 0. The topological polar surface area (TPSA) is 58.3 Å². The van der Waals surface area contributed by atoms with Gasteiger partial charge in [0.25, 0.3) is 0 Å². The normalized spacial score (nSPS) is 16.4. The van der Waals surface area contributed by atoms with Gasteiger partial charge in [-0.2, -0.15) is 0 Å². The Labute approximate surface area is 132 Å². The first-order valence-electron chi connectivity index (χ1n) is 8.18. The van der Waals surface area contributed by atoms with Crippen LogP contribution < -0.4 is 10.6 Å². The molecule has 1 saturated heterocycles. The molecule has 2 heterocycles. The third kappa shape index (κ3) is 3.36. The van der Waals surface area contributed by atoms with Gasteiger partial charge < -0.3 is 10.6 Å². The van der Waals surface area contributed by atoms with E-state index in [-0.39, 0.29) is 0 Å². The molecule has 2 N–H and O–H groups in total. The molecule has 0 bridgehead atoms. The Morgan fingerprint density at radius 2 is 1.68 bits per heavy atom. The van der Waals surface area contributed by atoms with Crippen LogP contribution in [0.2, 0.25) is 0 Å². The van der Waals surface area contributed by atoms with Gasteiger partial charge in [0, 0.05) is 26.2 Å². The Hall–Kier alpha value is -1.72. The summed E-state index contributed by atoms with van der Waals surface area (Å²) >= 11 is 0. The Bertz CT molecular complexity index is 619. The molecule has 0 amide bonds. The van der Waals surface area contributed by atoms with Crippen molar-refractivity contribution in [3.63, 3.8) is 0 Å². The Morgan fingerprint density at radius 3 is 2.36 bits per heavy atom. The first kappa shape index (κ1) is 15.2. The van der Waals surface area contributed by atoms with Crippen molar-refractivity contribution in [1.82, 2.24) is 14.9 Å². The summed E-state index contributed by atoms with van der Waals surface area (Å²) in [5.74, 6) is 1.04. The molecule has 22 heavy (non-hydrogen) atoms. The highest BCUT2D eigenvalue weighted by Gasteiger charge is 2.19. The molecule has 5 heteroatoms. The van der Waals surface area contributed by atoms with Crippen molar-refractivity contribution in [1.29, 1.82) is 0 Å². The molecule has 0 spiro atoms. The van der Waals surface area contributed by atoms with Crippen molar-refractivity contribution in [3.8, 4) is 0 Å². The van der Waals surface area contributed by atoms with E-state index in [2.05, 4.69) is 16.7 Å². The van der Waals surface area contributed by atoms with Gasteiger partial charge in [0.05, 0.1) is 16.7 Å². The molecule has 3 rings (SSSR count). The third-order valence-corrected chi connectivity index (χ3v) is 4.32. The van der Waals surface area contributed by atoms with E-state index in [1.165, 1.54) is 6.42 Å². The van der Waals surface area contributed by atoms with Gasteiger partial charge in [0.15, 0.2) is 5.82 Å². The predicted octanol–water partition coefficient (Wildman–Crippen LogP) is 1.80. The molecule has 118 valence electrons. The number of piperazine rings is 1. The Kier molecular flexibility index (Phi) is 4.85. The molecule has 1 aromatic heterocycles. The molecular weight excluding hydrogens is 274 g/mol. The number of rotatable bonds is 5. The average Bonchev–Trinajstić information content (AvgIpc) is 2.55. The number of para-hydroxylation sites is 2. The van der Waals surface area contributed by atoms with Crippen molar-refractivity contribution >= 4 is 16.9 Å². The smallest absolute Gasteiger partial charge is 0.150 e. The minimum Gasteiger partial charge on any atom is -0.353 e. The minimum absolute atomic E-state index is 0.797. The third-order valence-electron chi connectivity index (χ3n) is 4.32. The van der Waals surface area contributed by atoms with E-state index < -0.39 is 0 Å². The average molecular weight is 299 g/mol. The highest BCUT2D eigenvalue weighted by molar-refractivity contribution is 5.76. The molecule has 1 aliphatic rings. The molecule has 0 aliphatic carbocycles. The van der Waals surface area contributed by atoms with Gasteiger partial charge in [0.2, 0.25) is 0 Å². The lowest BCUT2D eigenvalue weighted by Crippen LogP contribution is -2.47. The van der Waals surface area contributed by atoms with E-state index in [1.807, 2.05) is 24.3 Å². The number of anilines is 1. The second-order valence-electron chi connectivity index (χ2n) is 5.95. The molecular formula is C17H25N5. The Balaban J connectivity index is 1.67. The lowest BCUT2D eigenvalue weighted by molar-refractivity contribution is 0.253. The molecule has 5 nitrogen and oxygen atoms in total. The fourth-order valence-electron chi connectivity index (χ4n) is 3.04. The van der Waals surface area contributed by atoms with Crippen LogP contribution in [0.1, 0.15) is 18.5 Å². The summed E-state index contributed by atoms with van der Waals surface area (Å²) in [4.78, 5) is 14.4. The van der Waals surface area contributed by atoms with Gasteiger partial charge in [-0.1, -0.05) is 12.1 Å². The number of benzene rings is 1. The first-order chi connectivity index (χ1) is 10.8. The lowest BCUT2D eigenvalue weighted by atomic mass is 10.2. The maximum absolute atomic E-state index is 5.56. The van der Waals surface area contributed by atoms with Crippen LogP contribution in [0.5, 0.6) is 0 Å². The van der Waals surface area contributed by atoms with Crippen LogP contribution in [0.25, 0.3) is 11.0 Å². The van der Waals surface area contributed by atoms with E-state index in [4.69, 9.17) is 15.7 Å². The number of aryl methyl sites for hydroxylation is 1. The summed E-state index contributed by atoms with van der Waals surface area (Å²) in [7, 11) is 0. The van der Waals surface area contributed by atoms with Crippen LogP contribution in [0, 0.1) is 6.92 Å². The van der Waals surface area contributed by atoms with Crippen molar-refractivity contribution in [3.05, 3.63) is 30.0 Å². The number of hydrogen-bond donors (Lipinski definition) is 1. The van der Waals surface area contributed by atoms with Crippen LogP contribution in [0.15, 0.2) is 24.3 Å². The fourth-order valence-corrected chi connectivity index (χ4v) is 3.04. The van der Waals surface area contributed by atoms with E-state index in [0.717, 1.165) is 68.2 Å². The van der Waals surface area contributed by atoms with Crippen molar-refractivity contribution in [2.75, 3.05) is 44.2 Å². The van der Waals surface area contributed by atoms with Gasteiger partial charge in [0.1, 0.15) is 0 Å². The van der Waals surface area contributed by atoms with Gasteiger partial charge in [-0.15, -0.1) is 0 Å². The molecule has 0 atom stereocenters. The number of hydrogen-bond acceptors (Lipinski definition) is 5. The molecule has 2 aromatic rings. The number of nitrogens with two attached hydrogens (primary N) is 1. The zero-order valence-corrected chi connectivity index (χ0v) is 13.3. The molecule has 1 fully saturated rings. The quantitative estimate of drug-likeness (QED) is 0.853. The minimum atomic E-state index is 0.797. The highest BCUT2D eigenvalue weighted by Crippen LogP contribution is 2.21. The molecule has 0 saturated carbocycles. The number of aromatic nitrogens is 2. The van der Waals surface area contributed by atoms with Crippen LogP contribution in [-0.2, 0) is 0 Å². The molecule has 0 radical (unpaired) electrons. The predicted molar refractivity (Wildman–Crippen MR) is 91.2 cm³/mol. The summed E-state index contributed by atoms with van der Waals surface area (Å²) in [5.41, 5.74) is 8.54. The first-order valence-corrected chi connectivity index (χ1v) is 8.18. The van der Waals surface area contributed by atoms with E-state index in [1.54, 1.807) is 0 Å². The van der Waals surface area contributed by atoms with Crippen LogP contribution >= 0.6 is 0 Å². The maximum Gasteiger partial charge on any atom is 0.150 e. The standard InChI is InChI=1S/C17H25N5/c1-14-17(20-16-7-3-2-6-15(16)19-14)22-12-10-21(11-13-22)9-5-4-8-18/h2-3,6-7H,4-5,8-13,18H2,1H3. The zero-order valence-electron chi connectivity index (χ0n) is 13.3. The maximum atomic E-state index is 5.56. The Morgan fingerprint density at radius 1 is 1.00 bits per heavy atom. The highest BCUT2D eigenvalue weighted by atomic mass is 15.3. The zero-order chi connectivity index (χ0) is 15.4. The van der Waals surface area contributed by atoms with Crippen LogP contribution in [0.4, 0.5) is 5.82 Å². The monoisotopic (exact) mass is 299 g/mol. The van der Waals surface area contributed by atoms with E-state index >= 15 is 0 Å². The summed E-state index contributed by atoms with van der Waals surface area (Å²) in [6, 6.07) is 8.09. The van der Waals surface area contributed by atoms with Crippen molar-refractivity contribution < 1.29 is 0 Å². The number of fused-ring (bicyclic) bond motifs is 1. The summed E-state index contributed by atoms with van der Waals surface area (Å²) < 4.78 is 0. The fraction of sp³-hybridized carbons (Fsp3) is 0.529. The second kappa shape index (κ2) is 7.03. The number of nitrogens with zero attached hydrogens (tertiary/aromatic N) is 4. The van der Waals surface area contributed by atoms with E-state index in [9.17, 15) is 0 Å². The van der Waals surface area contributed by atoms with Crippen molar-refractivity contribution in [2.45, 2.75) is 19.8 Å². The van der Waals surface area contributed by atoms with Gasteiger partial charge in [-0.25, -0.2) is 9.97 Å². The number of unbranched alkanes of at least 4 members (excludes halogenated alkanes) is 1. The molecule has 1 aromatic carbocycles. The van der Waals surface area contributed by atoms with Crippen LogP contribution in [-0.4, -0.2) is 54.1 Å². The van der Waals surface area contributed by atoms with Gasteiger partial charge in [-0.05, 0) is 45.0 Å². The molecule has 0 unspecified atom stereocenters. The lowest BCUT2D eigenvalue weighted by Gasteiger charge is -2.35. The summed E-state index contributed by atoms with van der Waals surface area (Å²) in [6.45, 7) is 8.26. The van der Waals surface area contributed by atoms with Gasteiger partial charge >= 0.3 is 0 Å². The second-order valence-corrected chi connectivity index (χ2v) is 5.95. The van der Waals surface area contributed by atoms with Crippen LogP contribution in [0.3, 0.4) is 0 Å². The SMILES string of the molecule is Cc1nc2ccccc2nc1N1CCN(CCCCN)CC1. The largest absolute Gasteiger partial charge is 0.353 e.